The monoisotopic (exact) mass is 499 g/mol. The first-order valence-electron chi connectivity index (χ1n) is 12.9. The van der Waals surface area contributed by atoms with E-state index in [-0.39, 0.29) is 0 Å². The lowest BCUT2D eigenvalue weighted by molar-refractivity contribution is 0.767. The molecule has 8 rings (SSSR count). The number of nitrogens with zero attached hydrogens (tertiary/aromatic N) is 5. The minimum Gasteiger partial charge on any atom is -0.245 e. The van der Waals surface area contributed by atoms with Gasteiger partial charge in [0, 0.05) is 21.9 Å². The second-order valence-electron chi connectivity index (χ2n) is 9.66. The minimum atomic E-state index is 0.815. The molecule has 8 aromatic rings. The van der Waals surface area contributed by atoms with Crippen molar-refractivity contribution in [3.63, 3.8) is 0 Å². The van der Waals surface area contributed by atoms with Crippen LogP contribution in [-0.4, -0.2) is 25.0 Å². The van der Waals surface area contributed by atoms with E-state index in [0.29, 0.717) is 0 Å². The number of benzene rings is 5. The van der Waals surface area contributed by atoms with Crippen LogP contribution in [0.5, 0.6) is 0 Å². The van der Waals surface area contributed by atoms with Gasteiger partial charge in [0.05, 0.1) is 28.1 Å². The molecule has 5 aromatic carbocycles. The molecule has 5 heteroatoms. The van der Waals surface area contributed by atoms with Crippen LogP contribution in [0.2, 0.25) is 0 Å². The second-order valence-corrected chi connectivity index (χ2v) is 9.66. The fourth-order valence-corrected chi connectivity index (χ4v) is 5.25. The maximum atomic E-state index is 5.14. The van der Waals surface area contributed by atoms with Gasteiger partial charge in [-0.05, 0) is 41.1 Å². The van der Waals surface area contributed by atoms with Gasteiger partial charge in [-0.3, -0.25) is 0 Å². The Kier molecular flexibility index (Phi) is 4.76. The van der Waals surface area contributed by atoms with Crippen LogP contribution in [0.15, 0.2) is 127 Å². The molecule has 39 heavy (non-hydrogen) atoms. The maximum absolute atomic E-state index is 5.14. The molecular weight excluding hydrogens is 478 g/mol. The minimum absolute atomic E-state index is 0.815. The molecule has 0 radical (unpaired) electrons. The van der Waals surface area contributed by atoms with Crippen LogP contribution in [-0.2, 0) is 0 Å². The van der Waals surface area contributed by atoms with Gasteiger partial charge in [0.2, 0.25) is 0 Å². The summed E-state index contributed by atoms with van der Waals surface area (Å²) in [6.45, 7) is 0. The Labute approximate surface area is 224 Å². The first-order chi connectivity index (χ1) is 19.3. The molecule has 0 saturated heterocycles. The van der Waals surface area contributed by atoms with Gasteiger partial charge >= 0.3 is 0 Å². The van der Waals surface area contributed by atoms with Crippen molar-refractivity contribution in [1.29, 1.82) is 0 Å². The zero-order valence-electron chi connectivity index (χ0n) is 20.9. The van der Waals surface area contributed by atoms with Crippen LogP contribution < -0.4 is 0 Å². The van der Waals surface area contributed by atoms with Gasteiger partial charge in [0.25, 0.3) is 0 Å². The summed E-state index contributed by atoms with van der Waals surface area (Å²) in [5, 5.41) is 14.2. The molecule has 0 amide bonds. The molecule has 3 heterocycles. The first-order valence-corrected chi connectivity index (χ1v) is 12.9. The molecule has 0 aliphatic rings. The lowest BCUT2D eigenvalue weighted by Crippen LogP contribution is -1.98. The van der Waals surface area contributed by atoms with E-state index in [1.807, 2.05) is 42.5 Å². The number of hydrogen-bond donors (Lipinski definition) is 0. The lowest BCUT2D eigenvalue weighted by Gasteiger charge is -2.08. The van der Waals surface area contributed by atoms with Crippen LogP contribution in [0.3, 0.4) is 0 Å². The Balaban J connectivity index is 1.29. The average molecular weight is 500 g/mol. The predicted octanol–water partition coefficient (Wildman–Crippen LogP) is 8.00. The standard InChI is InChI=1S/C34H21N5/c1-2-8-23(9-3-1)29-19-16-24-13-14-25-17-20-30(36-33(25)32(24)35-29)28-11-6-12-31-34(28)38-39(37-31)27-18-15-22-7-4-5-10-26(22)21-27/h1-21H. The summed E-state index contributed by atoms with van der Waals surface area (Å²) in [6, 6.07) is 43.5. The molecular formula is C34H21N5. The van der Waals surface area contributed by atoms with Gasteiger partial charge in [-0.2, -0.15) is 4.80 Å². The molecule has 5 nitrogen and oxygen atoms in total. The summed E-state index contributed by atoms with van der Waals surface area (Å²) in [4.78, 5) is 11.9. The van der Waals surface area contributed by atoms with Crippen molar-refractivity contribution in [3.8, 4) is 28.2 Å². The van der Waals surface area contributed by atoms with E-state index < -0.39 is 0 Å². The summed E-state index contributed by atoms with van der Waals surface area (Å²) in [7, 11) is 0. The molecule has 0 fully saturated rings. The Bertz CT molecular complexity index is 2180. The molecule has 0 aliphatic heterocycles. The summed E-state index contributed by atoms with van der Waals surface area (Å²) >= 11 is 0. The van der Waals surface area contributed by atoms with E-state index in [1.54, 1.807) is 4.80 Å². The maximum Gasteiger partial charge on any atom is 0.123 e. The van der Waals surface area contributed by atoms with E-state index >= 15 is 0 Å². The summed E-state index contributed by atoms with van der Waals surface area (Å²) in [6.07, 6.45) is 0. The first kappa shape index (κ1) is 21.6. The van der Waals surface area contributed by atoms with Crippen LogP contribution in [0.4, 0.5) is 0 Å². The van der Waals surface area contributed by atoms with Gasteiger partial charge in [-0.1, -0.05) is 97.1 Å². The Morgan fingerprint density at radius 2 is 1.10 bits per heavy atom. The van der Waals surface area contributed by atoms with Crippen LogP contribution >= 0.6 is 0 Å². The highest BCUT2D eigenvalue weighted by Gasteiger charge is 2.14. The van der Waals surface area contributed by atoms with Gasteiger partial charge in [-0.25, -0.2) is 9.97 Å². The van der Waals surface area contributed by atoms with E-state index in [4.69, 9.17) is 20.2 Å². The van der Waals surface area contributed by atoms with E-state index in [2.05, 4.69) is 84.9 Å². The highest BCUT2D eigenvalue weighted by atomic mass is 15.5. The number of rotatable bonds is 3. The Morgan fingerprint density at radius 3 is 1.92 bits per heavy atom. The third-order valence-corrected chi connectivity index (χ3v) is 7.24. The normalized spacial score (nSPS) is 11.6. The van der Waals surface area contributed by atoms with Gasteiger partial charge in [0.1, 0.15) is 11.0 Å². The van der Waals surface area contributed by atoms with Crippen LogP contribution in [0.25, 0.3) is 71.8 Å². The van der Waals surface area contributed by atoms with Crippen LogP contribution in [0.1, 0.15) is 0 Å². The molecule has 0 atom stereocenters. The van der Waals surface area contributed by atoms with Crippen molar-refractivity contribution < 1.29 is 0 Å². The molecule has 0 N–H and O–H groups in total. The van der Waals surface area contributed by atoms with Crippen molar-refractivity contribution in [2.45, 2.75) is 0 Å². The van der Waals surface area contributed by atoms with Crippen molar-refractivity contribution in [1.82, 2.24) is 25.0 Å². The largest absolute Gasteiger partial charge is 0.245 e. The third-order valence-electron chi connectivity index (χ3n) is 7.24. The molecule has 0 aliphatic carbocycles. The van der Waals surface area contributed by atoms with E-state index in [1.165, 1.54) is 5.39 Å². The number of hydrogen-bond acceptors (Lipinski definition) is 4. The van der Waals surface area contributed by atoms with Crippen LogP contribution in [0, 0.1) is 0 Å². The third kappa shape index (κ3) is 3.63. The molecule has 3 aromatic heterocycles. The summed E-state index contributed by atoms with van der Waals surface area (Å²) in [5.41, 5.74) is 8.14. The van der Waals surface area contributed by atoms with E-state index in [9.17, 15) is 0 Å². The molecule has 0 saturated carbocycles. The molecule has 0 spiro atoms. The smallest absolute Gasteiger partial charge is 0.123 e. The second kappa shape index (κ2) is 8.57. The van der Waals surface area contributed by atoms with Gasteiger partial charge in [-0.15, -0.1) is 10.2 Å². The average Bonchev–Trinajstić information content (AvgIpc) is 3.45. The van der Waals surface area contributed by atoms with E-state index in [0.717, 1.165) is 66.4 Å². The van der Waals surface area contributed by atoms with Gasteiger partial charge in [0.15, 0.2) is 0 Å². The topological polar surface area (TPSA) is 56.5 Å². The highest BCUT2D eigenvalue weighted by Crippen LogP contribution is 2.31. The lowest BCUT2D eigenvalue weighted by atomic mass is 10.0. The fraction of sp³-hybridized carbons (Fsp3) is 0. The predicted molar refractivity (Wildman–Crippen MR) is 158 cm³/mol. The van der Waals surface area contributed by atoms with Crippen molar-refractivity contribution in [2.24, 2.45) is 0 Å². The zero-order chi connectivity index (χ0) is 25.8. The number of fused-ring (bicyclic) bond motifs is 5. The molecule has 0 bridgehead atoms. The highest BCUT2D eigenvalue weighted by molar-refractivity contribution is 6.04. The molecule has 182 valence electrons. The quantitative estimate of drug-likeness (QED) is 0.231. The Hall–Kier alpha value is -5.42. The fourth-order valence-electron chi connectivity index (χ4n) is 5.25. The summed E-state index contributed by atoms with van der Waals surface area (Å²) in [5.74, 6) is 0. The van der Waals surface area contributed by atoms with Crippen molar-refractivity contribution in [3.05, 3.63) is 127 Å². The van der Waals surface area contributed by atoms with Crippen molar-refractivity contribution >= 4 is 43.6 Å². The number of aromatic nitrogens is 5. The van der Waals surface area contributed by atoms with Gasteiger partial charge < -0.3 is 0 Å². The summed E-state index contributed by atoms with van der Waals surface area (Å²) < 4.78 is 0. The Morgan fingerprint density at radius 1 is 0.436 bits per heavy atom. The SMILES string of the molecule is c1ccc(-c2ccc3ccc4ccc(-c5cccc6nn(-c7ccc8ccccc8c7)nc56)nc4c3n2)cc1. The zero-order valence-corrected chi connectivity index (χ0v) is 20.9. The number of pyridine rings is 2. The van der Waals surface area contributed by atoms with Crippen molar-refractivity contribution in [2.75, 3.05) is 0 Å². The molecule has 0 unspecified atom stereocenters.